The van der Waals surface area contributed by atoms with Crippen molar-refractivity contribution in [2.75, 3.05) is 29.1 Å². The number of aryl methyl sites for hydroxylation is 1. The molecule has 7 heteroatoms. The van der Waals surface area contributed by atoms with Crippen molar-refractivity contribution in [3.8, 4) is 0 Å². The van der Waals surface area contributed by atoms with E-state index in [9.17, 15) is 4.79 Å². The summed E-state index contributed by atoms with van der Waals surface area (Å²) in [4.78, 5) is 18.6. The normalized spacial score (nSPS) is 14.7. The van der Waals surface area contributed by atoms with Gasteiger partial charge in [-0.1, -0.05) is 23.4 Å². The number of amides is 1. The average molecular weight is 365 g/mol. The molecular weight excluding hydrogens is 344 g/mol. The average Bonchev–Trinajstić information content (AvgIpc) is 2.99. The summed E-state index contributed by atoms with van der Waals surface area (Å²) >= 11 is 7.82. The van der Waals surface area contributed by atoms with Crippen molar-refractivity contribution in [2.45, 2.75) is 24.4 Å². The summed E-state index contributed by atoms with van der Waals surface area (Å²) in [5.74, 6) is 0.251. The Bertz CT molecular complexity index is 712. The van der Waals surface area contributed by atoms with Gasteiger partial charge in [-0.25, -0.2) is 4.98 Å². The third kappa shape index (κ3) is 4.24. The summed E-state index contributed by atoms with van der Waals surface area (Å²) in [6, 6.07) is 5.74. The van der Waals surface area contributed by atoms with Crippen LogP contribution in [0.25, 0.3) is 0 Å². The molecule has 1 aliphatic heterocycles. The summed E-state index contributed by atoms with van der Waals surface area (Å²) in [5.41, 5.74) is 1.78. The van der Waals surface area contributed by atoms with Gasteiger partial charge in [0.25, 0.3) is 0 Å². The van der Waals surface area contributed by atoms with Crippen LogP contribution >= 0.6 is 23.4 Å². The van der Waals surface area contributed by atoms with Crippen LogP contribution in [0, 0.1) is 0 Å². The lowest BCUT2D eigenvalue weighted by Crippen LogP contribution is -2.29. The Morgan fingerprint density at radius 3 is 2.79 bits per heavy atom. The molecule has 0 spiro atoms. The third-order valence-electron chi connectivity index (χ3n) is 4.04. The maximum atomic E-state index is 12.1. The number of carbonyl (C=O) groups excluding carboxylic acids is 1. The molecule has 1 saturated heterocycles. The fraction of sp³-hybridized carbons (Fsp3) is 0.412. The van der Waals surface area contributed by atoms with E-state index in [1.165, 1.54) is 31.0 Å². The summed E-state index contributed by atoms with van der Waals surface area (Å²) in [6.07, 6.45) is 7.28. The van der Waals surface area contributed by atoms with Gasteiger partial charge in [0.2, 0.25) is 5.91 Å². The van der Waals surface area contributed by atoms with E-state index < -0.39 is 0 Å². The molecule has 24 heavy (non-hydrogen) atoms. The van der Waals surface area contributed by atoms with E-state index in [0.717, 1.165) is 29.6 Å². The summed E-state index contributed by atoms with van der Waals surface area (Å²) in [5, 5.41) is 4.40. The predicted octanol–water partition coefficient (Wildman–Crippen LogP) is 3.79. The first kappa shape index (κ1) is 17.2. The van der Waals surface area contributed by atoms with Gasteiger partial charge in [-0.15, -0.1) is 0 Å². The first-order valence-corrected chi connectivity index (χ1v) is 9.44. The molecule has 0 atom stereocenters. The zero-order valence-electron chi connectivity index (χ0n) is 13.7. The van der Waals surface area contributed by atoms with Crippen molar-refractivity contribution in [2.24, 2.45) is 7.05 Å². The van der Waals surface area contributed by atoms with Gasteiger partial charge in [-0.05, 0) is 37.5 Å². The fourth-order valence-corrected chi connectivity index (χ4v) is 3.83. The topological polar surface area (TPSA) is 50.2 Å². The standard InChI is InChI=1S/C17H21ClN4OS/c1-21-10-7-19-17(21)24-12-16(23)20-13-5-6-15(14(18)11-13)22-8-3-2-4-9-22/h5-7,10-11H,2-4,8-9,12H2,1H3,(H,20,23). The zero-order chi connectivity index (χ0) is 16.9. The van der Waals surface area contributed by atoms with E-state index in [0.29, 0.717) is 10.8 Å². The highest BCUT2D eigenvalue weighted by molar-refractivity contribution is 7.99. The fourth-order valence-electron chi connectivity index (χ4n) is 2.79. The molecule has 0 aliphatic carbocycles. The SMILES string of the molecule is Cn1ccnc1SCC(=O)Nc1ccc(N2CCCCC2)c(Cl)c1. The van der Waals surface area contributed by atoms with Gasteiger partial charge in [-0.2, -0.15) is 0 Å². The summed E-state index contributed by atoms with van der Waals surface area (Å²) in [7, 11) is 1.91. The number of hydrogen-bond donors (Lipinski definition) is 1. The first-order chi connectivity index (χ1) is 11.6. The number of anilines is 2. The van der Waals surface area contributed by atoms with E-state index in [4.69, 9.17) is 11.6 Å². The van der Waals surface area contributed by atoms with Gasteiger partial charge in [0.1, 0.15) is 0 Å². The van der Waals surface area contributed by atoms with Gasteiger partial charge in [0.15, 0.2) is 5.16 Å². The second-order valence-corrected chi connectivity index (χ2v) is 7.22. The lowest BCUT2D eigenvalue weighted by molar-refractivity contribution is -0.113. The molecule has 5 nitrogen and oxygen atoms in total. The molecule has 128 valence electrons. The molecule has 0 unspecified atom stereocenters. The minimum Gasteiger partial charge on any atom is -0.370 e. The zero-order valence-corrected chi connectivity index (χ0v) is 15.2. The molecular formula is C17H21ClN4OS. The van der Waals surface area contributed by atoms with Crippen LogP contribution < -0.4 is 10.2 Å². The predicted molar refractivity (Wildman–Crippen MR) is 100 cm³/mol. The van der Waals surface area contributed by atoms with Gasteiger partial charge in [0, 0.05) is 38.2 Å². The van der Waals surface area contributed by atoms with Gasteiger partial charge in [0.05, 0.1) is 16.5 Å². The minimum absolute atomic E-state index is 0.0650. The molecule has 0 radical (unpaired) electrons. The number of carbonyl (C=O) groups is 1. The van der Waals surface area contributed by atoms with E-state index in [1.54, 1.807) is 6.20 Å². The Morgan fingerprint density at radius 1 is 1.33 bits per heavy atom. The summed E-state index contributed by atoms with van der Waals surface area (Å²) < 4.78 is 1.89. The van der Waals surface area contributed by atoms with Crippen LogP contribution in [0.2, 0.25) is 5.02 Å². The molecule has 1 aromatic carbocycles. The quantitative estimate of drug-likeness (QED) is 0.820. The van der Waals surface area contributed by atoms with Crippen molar-refractivity contribution in [1.29, 1.82) is 0 Å². The lowest BCUT2D eigenvalue weighted by atomic mass is 10.1. The van der Waals surface area contributed by atoms with Gasteiger partial charge < -0.3 is 14.8 Å². The first-order valence-electron chi connectivity index (χ1n) is 8.08. The van der Waals surface area contributed by atoms with E-state index in [1.807, 2.05) is 36.0 Å². The molecule has 1 fully saturated rings. The molecule has 1 aliphatic rings. The molecule has 3 rings (SSSR count). The molecule has 1 aromatic heterocycles. The van der Waals surface area contributed by atoms with Gasteiger partial charge in [-0.3, -0.25) is 4.79 Å². The smallest absolute Gasteiger partial charge is 0.234 e. The molecule has 0 saturated carbocycles. The van der Waals surface area contributed by atoms with Crippen molar-refractivity contribution in [3.05, 3.63) is 35.6 Å². The number of imidazole rings is 1. The number of nitrogens with zero attached hydrogens (tertiary/aromatic N) is 3. The Labute approximate surface area is 151 Å². The van der Waals surface area contributed by atoms with Crippen LogP contribution in [0.3, 0.4) is 0 Å². The van der Waals surface area contributed by atoms with E-state index in [-0.39, 0.29) is 5.91 Å². The highest BCUT2D eigenvalue weighted by atomic mass is 35.5. The molecule has 1 N–H and O–H groups in total. The molecule has 0 bridgehead atoms. The van der Waals surface area contributed by atoms with Crippen LogP contribution in [0.4, 0.5) is 11.4 Å². The number of rotatable bonds is 5. The van der Waals surface area contributed by atoms with Crippen molar-refractivity contribution < 1.29 is 4.79 Å². The second-order valence-electron chi connectivity index (χ2n) is 5.87. The van der Waals surface area contributed by atoms with Crippen LogP contribution in [0.5, 0.6) is 0 Å². The Kier molecular flexibility index (Phi) is 5.68. The largest absolute Gasteiger partial charge is 0.370 e. The number of piperidine rings is 1. The lowest BCUT2D eigenvalue weighted by Gasteiger charge is -2.29. The van der Waals surface area contributed by atoms with Crippen LogP contribution in [0.1, 0.15) is 19.3 Å². The molecule has 2 heterocycles. The Morgan fingerprint density at radius 2 is 2.12 bits per heavy atom. The van der Waals surface area contributed by atoms with Crippen molar-refractivity contribution in [1.82, 2.24) is 9.55 Å². The van der Waals surface area contributed by atoms with E-state index in [2.05, 4.69) is 15.2 Å². The van der Waals surface area contributed by atoms with Crippen LogP contribution in [-0.2, 0) is 11.8 Å². The van der Waals surface area contributed by atoms with E-state index >= 15 is 0 Å². The second kappa shape index (κ2) is 7.94. The highest BCUT2D eigenvalue weighted by Gasteiger charge is 2.14. The monoisotopic (exact) mass is 364 g/mol. The molecule has 1 amide bonds. The van der Waals surface area contributed by atoms with Crippen molar-refractivity contribution >= 4 is 40.6 Å². The number of hydrogen-bond acceptors (Lipinski definition) is 4. The maximum Gasteiger partial charge on any atom is 0.234 e. The minimum atomic E-state index is -0.0650. The van der Waals surface area contributed by atoms with Crippen molar-refractivity contribution in [3.63, 3.8) is 0 Å². The number of aromatic nitrogens is 2. The van der Waals surface area contributed by atoms with Gasteiger partial charge >= 0.3 is 0 Å². The number of benzene rings is 1. The Balaban J connectivity index is 1.57. The molecule has 2 aromatic rings. The maximum absolute atomic E-state index is 12.1. The van der Waals surface area contributed by atoms with Crippen LogP contribution in [0.15, 0.2) is 35.7 Å². The third-order valence-corrected chi connectivity index (χ3v) is 5.40. The van der Waals surface area contributed by atoms with Crippen LogP contribution in [-0.4, -0.2) is 34.3 Å². The Hall–Kier alpha value is -1.66. The number of thioether (sulfide) groups is 1. The highest BCUT2D eigenvalue weighted by Crippen LogP contribution is 2.31. The summed E-state index contributed by atoms with van der Waals surface area (Å²) in [6.45, 7) is 2.09. The number of halogens is 1. The number of nitrogens with one attached hydrogen (secondary N) is 1.